The Morgan fingerprint density at radius 3 is 2.33 bits per heavy atom. The molecule has 0 aliphatic carbocycles. The van der Waals surface area contributed by atoms with E-state index in [1.807, 2.05) is 72.2 Å². The van der Waals surface area contributed by atoms with Gasteiger partial charge in [-0.15, -0.1) is 0 Å². The molecule has 134 valence electrons. The highest BCUT2D eigenvalue weighted by molar-refractivity contribution is 14.1. The van der Waals surface area contributed by atoms with Gasteiger partial charge in [0.25, 0.3) is 0 Å². The van der Waals surface area contributed by atoms with E-state index in [4.69, 9.17) is 11.6 Å². The van der Waals surface area contributed by atoms with Crippen LogP contribution < -0.4 is 10.7 Å². The third-order valence-corrected chi connectivity index (χ3v) is 5.48. The number of hydrogen-bond donors (Lipinski definition) is 1. The first-order valence-electron chi connectivity index (χ1n) is 8.35. The second kappa shape index (κ2) is 7.32. The molecule has 0 aliphatic rings. The van der Waals surface area contributed by atoms with Crippen molar-refractivity contribution < 1.29 is 0 Å². The molecule has 4 rings (SSSR count). The maximum Gasteiger partial charge on any atom is 0.206 e. The number of aryl methyl sites for hydroxylation is 1. The van der Waals surface area contributed by atoms with E-state index in [-0.39, 0.29) is 5.43 Å². The Labute approximate surface area is 175 Å². The van der Waals surface area contributed by atoms with Crippen LogP contribution in [0.15, 0.2) is 71.5 Å². The topological polar surface area (TPSA) is 46.9 Å². The normalized spacial score (nSPS) is 10.9. The highest BCUT2D eigenvalue weighted by atomic mass is 127. The summed E-state index contributed by atoms with van der Waals surface area (Å²) in [7, 11) is 0. The fraction of sp³-hybridized carbons (Fsp3) is 0.0476. The summed E-state index contributed by atoms with van der Waals surface area (Å²) < 4.78 is 2.55. The van der Waals surface area contributed by atoms with Gasteiger partial charge in [-0.1, -0.05) is 48.0 Å². The van der Waals surface area contributed by atoms with Crippen LogP contribution in [0.25, 0.3) is 16.7 Å². The standard InChI is InChI=1S/C21H15ClIN3O/c1-13-12-16(22)25-20-17(13)19(27)18(23)21(24-14-8-4-2-5-9-14)26(20)15-10-6-3-7-11-15/h2-12,24H,1H3. The van der Waals surface area contributed by atoms with E-state index in [1.165, 1.54) is 0 Å². The van der Waals surface area contributed by atoms with Crippen LogP contribution >= 0.6 is 34.2 Å². The van der Waals surface area contributed by atoms with Gasteiger partial charge in [0.2, 0.25) is 5.43 Å². The van der Waals surface area contributed by atoms with Crippen LogP contribution in [0.3, 0.4) is 0 Å². The largest absolute Gasteiger partial charge is 0.340 e. The Hall–Kier alpha value is -2.38. The number of aromatic nitrogens is 2. The Morgan fingerprint density at radius 1 is 1.04 bits per heavy atom. The Balaban J connectivity index is 2.13. The molecule has 6 heteroatoms. The molecule has 0 atom stereocenters. The fourth-order valence-electron chi connectivity index (χ4n) is 3.08. The molecule has 27 heavy (non-hydrogen) atoms. The van der Waals surface area contributed by atoms with Gasteiger partial charge in [-0.05, 0) is 65.4 Å². The number of halogens is 2. The summed E-state index contributed by atoms with van der Waals surface area (Å²) in [5, 5.41) is 4.32. The number of pyridine rings is 2. The van der Waals surface area contributed by atoms with Gasteiger partial charge in [0, 0.05) is 11.4 Å². The molecule has 4 aromatic rings. The predicted molar refractivity (Wildman–Crippen MR) is 120 cm³/mol. The molecule has 0 saturated heterocycles. The van der Waals surface area contributed by atoms with Crippen molar-refractivity contribution in [3.05, 3.63) is 91.2 Å². The molecule has 0 unspecified atom stereocenters. The first kappa shape index (κ1) is 18.0. The van der Waals surface area contributed by atoms with Crippen molar-refractivity contribution in [2.75, 3.05) is 5.32 Å². The van der Waals surface area contributed by atoms with Crippen LogP contribution in [0.1, 0.15) is 5.56 Å². The lowest BCUT2D eigenvalue weighted by Gasteiger charge is -2.20. The van der Waals surface area contributed by atoms with E-state index in [0.29, 0.717) is 25.6 Å². The molecule has 0 fully saturated rings. The molecular formula is C21H15ClIN3O. The average molecular weight is 488 g/mol. The first-order chi connectivity index (χ1) is 13.1. The van der Waals surface area contributed by atoms with Crippen LogP contribution in [0.5, 0.6) is 0 Å². The zero-order valence-electron chi connectivity index (χ0n) is 14.4. The van der Waals surface area contributed by atoms with Crippen molar-refractivity contribution in [2.24, 2.45) is 0 Å². The monoisotopic (exact) mass is 487 g/mol. The summed E-state index contributed by atoms with van der Waals surface area (Å²) in [6.45, 7) is 1.88. The summed E-state index contributed by atoms with van der Waals surface area (Å²) in [5.41, 5.74) is 3.07. The van der Waals surface area contributed by atoms with Crippen molar-refractivity contribution in [1.29, 1.82) is 0 Å². The zero-order valence-corrected chi connectivity index (χ0v) is 17.3. The molecule has 2 aromatic carbocycles. The SMILES string of the molecule is Cc1cc(Cl)nc2c1c(=O)c(I)c(Nc1ccccc1)n2-c1ccccc1. The van der Waals surface area contributed by atoms with Crippen LogP contribution in [0, 0.1) is 10.5 Å². The molecule has 0 amide bonds. The maximum absolute atomic E-state index is 13.1. The maximum atomic E-state index is 13.1. The van der Waals surface area contributed by atoms with E-state index in [2.05, 4.69) is 32.9 Å². The molecule has 0 aliphatic heterocycles. The van der Waals surface area contributed by atoms with Crippen molar-refractivity contribution >= 4 is 56.7 Å². The lowest BCUT2D eigenvalue weighted by Crippen LogP contribution is -2.19. The fourth-order valence-corrected chi connectivity index (χ4v) is 3.97. The summed E-state index contributed by atoms with van der Waals surface area (Å²) in [4.78, 5) is 17.6. The second-order valence-electron chi connectivity index (χ2n) is 6.11. The number of nitrogens with zero attached hydrogens (tertiary/aromatic N) is 2. The second-order valence-corrected chi connectivity index (χ2v) is 7.58. The van der Waals surface area contributed by atoms with Crippen molar-refractivity contribution in [3.8, 4) is 5.69 Å². The first-order valence-corrected chi connectivity index (χ1v) is 9.81. The van der Waals surface area contributed by atoms with Gasteiger partial charge in [-0.25, -0.2) is 4.98 Å². The molecule has 4 nitrogen and oxygen atoms in total. The van der Waals surface area contributed by atoms with Crippen molar-refractivity contribution in [1.82, 2.24) is 9.55 Å². The Kier molecular flexibility index (Phi) is 4.88. The van der Waals surface area contributed by atoms with Gasteiger partial charge in [-0.3, -0.25) is 9.36 Å². The van der Waals surface area contributed by atoms with Crippen molar-refractivity contribution in [3.63, 3.8) is 0 Å². The quantitative estimate of drug-likeness (QED) is 0.298. The van der Waals surface area contributed by atoms with Gasteiger partial charge in [-0.2, -0.15) is 0 Å². The van der Waals surface area contributed by atoms with Crippen LogP contribution in [-0.4, -0.2) is 9.55 Å². The Bertz CT molecular complexity index is 1190. The van der Waals surface area contributed by atoms with Gasteiger partial charge < -0.3 is 5.32 Å². The number of hydrogen-bond acceptors (Lipinski definition) is 3. The molecule has 0 bridgehead atoms. The smallest absolute Gasteiger partial charge is 0.206 e. The lowest BCUT2D eigenvalue weighted by molar-refractivity contribution is 1.06. The number of fused-ring (bicyclic) bond motifs is 1. The molecule has 0 radical (unpaired) electrons. The minimum absolute atomic E-state index is 0.0575. The lowest BCUT2D eigenvalue weighted by atomic mass is 10.1. The third kappa shape index (κ3) is 3.33. The third-order valence-electron chi connectivity index (χ3n) is 4.29. The highest BCUT2D eigenvalue weighted by Crippen LogP contribution is 2.30. The van der Waals surface area contributed by atoms with E-state index in [1.54, 1.807) is 6.07 Å². The molecule has 2 aromatic heterocycles. The molecule has 0 spiro atoms. The summed E-state index contributed by atoms with van der Waals surface area (Å²) >= 11 is 8.34. The average Bonchev–Trinajstić information content (AvgIpc) is 2.67. The number of rotatable bonds is 3. The van der Waals surface area contributed by atoms with Gasteiger partial charge in [0.15, 0.2) is 5.65 Å². The van der Waals surface area contributed by atoms with Crippen LogP contribution in [-0.2, 0) is 0 Å². The van der Waals surface area contributed by atoms with Gasteiger partial charge in [0.05, 0.1) is 5.39 Å². The summed E-state index contributed by atoms with van der Waals surface area (Å²) in [6, 6.07) is 21.3. The van der Waals surface area contributed by atoms with Gasteiger partial charge in [0.1, 0.15) is 14.5 Å². The van der Waals surface area contributed by atoms with Crippen molar-refractivity contribution in [2.45, 2.75) is 6.92 Å². The molecule has 0 saturated carbocycles. The Morgan fingerprint density at radius 2 is 1.67 bits per heavy atom. The predicted octanol–water partition coefficient (Wildman–Crippen LogP) is 5.70. The minimum Gasteiger partial charge on any atom is -0.340 e. The van der Waals surface area contributed by atoms with E-state index in [9.17, 15) is 4.79 Å². The molecule has 1 N–H and O–H groups in total. The minimum atomic E-state index is -0.0575. The van der Waals surface area contributed by atoms with Crippen LogP contribution in [0.2, 0.25) is 5.15 Å². The van der Waals surface area contributed by atoms with Gasteiger partial charge >= 0.3 is 0 Å². The molecule has 2 heterocycles. The van der Waals surface area contributed by atoms with Crippen LogP contribution in [0.4, 0.5) is 11.5 Å². The highest BCUT2D eigenvalue weighted by Gasteiger charge is 2.19. The summed E-state index contributed by atoms with van der Waals surface area (Å²) in [5.74, 6) is 0.666. The zero-order chi connectivity index (χ0) is 19.0. The molecular weight excluding hydrogens is 473 g/mol. The number of nitrogens with one attached hydrogen (secondary N) is 1. The number of para-hydroxylation sites is 2. The van der Waals surface area contributed by atoms with E-state index in [0.717, 1.165) is 16.9 Å². The summed E-state index contributed by atoms with van der Waals surface area (Å²) in [6.07, 6.45) is 0. The number of benzene rings is 2. The van der Waals surface area contributed by atoms with E-state index >= 15 is 0 Å². The van der Waals surface area contributed by atoms with E-state index < -0.39 is 0 Å². The number of anilines is 2.